The number of carbonyl (C=O) groups excluding carboxylic acids is 1. The van der Waals surface area contributed by atoms with E-state index in [1.54, 1.807) is 19.9 Å². The van der Waals surface area contributed by atoms with E-state index in [4.69, 9.17) is 11.6 Å². The van der Waals surface area contributed by atoms with Gasteiger partial charge in [-0.1, -0.05) is 26.0 Å². The maximum Gasteiger partial charge on any atom is 0.264 e. The molecule has 0 saturated carbocycles. The van der Waals surface area contributed by atoms with Gasteiger partial charge in [-0.15, -0.1) is 11.6 Å². The van der Waals surface area contributed by atoms with E-state index in [2.05, 4.69) is 0 Å². The summed E-state index contributed by atoms with van der Waals surface area (Å²) in [4.78, 5) is 12.6. The molecule has 0 bridgehead atoms. The lowest BCUT2D eigenvalue weighted by molar-refractivity contribution is -0.125. The molecule has 0 aliphatic carbocycles. The van der Waals surface area contributed by atoms with E-state index in [9.17, 15) is 17.6 Å². The van der Waals surface area contributed by atoms with Gasteiger partial charge in [0.15, 0.2) is 0 Å². The van der Waals surface area contributed by atoms with E-state index < -0.39 is 21.3 Å². The fourth-order valence-corrected chi connectivity index (χ4v) is 4.86. The zero-order valence-corrected chi connectivity index (χ0v) is 17.5. The molecule has 3 rings (SSSR count). The van der Waals surface area contributed by atoms with Crippen molar-refractivity contribution in [1.29, 1.82) is 0 Å². The Morgan fingerprint density at radius 1 is 1.18 bits per heavy atom. The summed E-state index contributed by atoms with van der Waals surface area (Å²) in [5, 5.41) is 0. The predicted molar refractivity (Wildman–Crippen MR) is 109 cm³/mol. The molecule has 7 heteroatoms. The number of hydrogen-bond acceptors (Lipinski definition) is 3. The minimum Gasteiger partial charge on any atom is -0.299 e. The van der Waals surface area contributed by atoms with Gasteiger partial charge >= 0.3 is 0 Å². The van der Waals surface area contributed by atoms with Crippen LogP contribution in [0.25, 0.3) is 0 Å². The van der Waals surface area contributed by atoms with Gasteiger partial charge in [0.1, 0.15) is 11.6 Å². The van der Waals surface area contributed by atoms with Crippen LogP contribution < -0.4 is 4.31 Å². The van der Waals surface area contributed by atoms with Crippen LogP contribution in [0.4, 0.5) is 10.1 Å². The number of rotatable bonds is 6. The summed E-state index contributed by atoms with van der Waals surface area (Å²) in [7, 11) is -3.81. The molecule has 1 aliphatic heterocycles. The molecule has 2 aromatic carbocycles. The van der Waals surface area contributed by atoms with Gasteiger partial charge < -0.3 is 0 Å². The largest absolute Gasteiger partial charge is 0.299 e. The standard InChI is InChI=1S/C21H23ClFNO3S/c1-21(2,14-22)20(25)13-15-5-6-16-4-3-11-24(19(16)12-15)28(26,27)18-9-7-17(23)8-10-18/h5-10,12H,3-4,11,13-14H2,1-2H3. The highest BCUT2D eigenvalue weighted by Gasteiger charge is 2.30. The van der Waals surface area contributed by atoms with Crippen LogP contribution >= 0.6 is 11.6 Å². The number of fused-ring (bicyclic) bond motifs is 1. The van der Waals surface area contributed by atoms with Gasteiger partial charge in [-0.2, -0.15) is 0 Å². The molecule has 1 aliphatic rings. The van der Waals surface area contributed by atoms with Crippen molar-refractivity contribution in [3.05, 3.63) is 59.4 Å². The zero-order valence-electron chi connectivity index (χ0n) is 15.9. The summed E-state index contributed by atoms with van der Waals surface area (Å²) >= 11 is 5.90. The van der Waals surface area contributed by atoms with Crippen LogP contribution in [0.15, 0.2) is 47.4 Å². The smallest absolute Gasteiger partial charge is 0.264 e. The third kappa shape index (κ3) is 4.08. The normalized spacial score (nSPS) is 14.6. The van der Waals surface area contributed by atoms with Crippen LogP contribution in [0.3, 0.4) is 0 Å². The van der Waals surface area contributed by atoms with Crippen molar-refractivity contribution in [1.82, 2.24) is 0 Å². The number of Topliss-reactive ketones (excluding diaryl/α,β-unsaturated/α-hetero) is 1. The number of benzene rings is 2. The monoisotopic (exact) mass is 423 g/mol. The van der Waals surface area contributed by atoms with Crippen LogP contribution in [0.1, 0.15) is 31.4 Å². The molecule has 1 heterocycles. The first-order valence-corrected chi connectivity index (χ1v) is 11.1. The van der Waals surface area contributed by atoms with Gasteiger partial charge in [0.25, 0.3) is 10.0 Å². The topological polar surface area (TPSA) is 54.5 Å². The van der Waals surface area contributed by atoms with Crippen molar-refractivity contribution < 1.29 is 17.6 Å². The Balaban J connectivity index is 1.96. The van der Waals surface area contributed by atoms with E-state index in [-0.39, 0.29) is 23.0 Å². The average molecular weight is 424 g/mol. The van der Waals surface area contributed by atoms with Crippen molar-refractivity contribution in [3.8, 4) is 0 Å². The van der Waals surface area contributed by atoms with Gasteiger partial charge in [-0.3, -0.25) is 9.10 Å². The average Bonchev–Trinajstić information content (AvgIpc) is 2.67. The number of sulfonamides is 1. The molecule has 0 radical (unpaired) electrons. The minimum absolute atomic E-state index is 0.00574. The zero-order chi connectivity index (χ0) is 20.5. The van der Waals surface area contributed by atoms with Gasteiger partial charge in [0.05, 0.1) is 10.6 Å². The minimum atomic E-state index is -3.81. The first kappa shape index (κ1) is 20.8. The van der Waals surface area contributed by atoms with Crippen LogP contribution in [-0.4, -0.2) is 26.6 Å². The summed E-state index contributed by atoms with van der Waals surface area (Å²) in [5.41, 5.74) is 1.62. The summed E-state index contributed by atoms with van der Waals surface area (Å²) in [5.74, 6) is -0.256. The second kappa shape index (κ2) is 7.84. The van der Waals surface area contributed by atoms with E-state index >= 15 is 0 Å². The first-order chi connectivity index (χ1) is 13.1. The number of nitrogens with zero attached hydrogens (tertiary/aromatic N) is 1. The molecule has 0 unspecified atom stereocenters. The predicted octanol–water partition coefficient (Wildman–Crippen LogP) is 4.34. The first-order valence-electron chi connectivity index (χ1n) is 9.14. The van der Waals surface area contributed by atoms with Gasteiger partial charge in [-0.05, 0) is 54.3 Å². The van der Waals surface area contributed by atoms with E-state index in [1.807, 2.05) is 12.1 Å². The van der Waals surface area contributed by atoms with Crippen molar-refractivity contribution in [2.75, 3.05) is 16.7 Å². The van der Waals surface area contributed by atoms with E-state index in [0.717, 1.165) is 29.7 Å². The number of carbonyl (C=O) groups is 1. The third-order valence-corrected chi connectivity index (χ3v) is 7.58. The maximum atomic E-state index is 13.2. The quantitative estimate of drug-likeness (QED) is 0.649. The Bertz CT molecular complexity index is 987. The molecule has 0 saturated heterocycles. The van der Waals surface area contributed by atoms with E-state index in [1.165, 1.54) is 16.4 Å². The molecule has 28 heavy (non-hydrogen) atoms. The molecule has 0 atom stereocenters. The summed E-state index contributed by atoms with van der Waals surface area (Å²) < 4.78 is 40.8. The SMILES string of the molecule is CC(C)(CCl)C(=O)Cc1ccc2c(c1)N(S(=O)(=O)c1ccc(F)cc1)CCC2. The molecule has 0 N–H and O–H groups in total. The highest BCUT2D eigenvalue weighted by Crippen LogP contribution is 2.33. The lowest BCUT2D eigenvalue weighted by atomic mass is 9.86. The summed E-state index contributed by atoms with van der Waals surface area (Å²) in [6, 6.07) is 10.4. The number of hydrogen-bond donors (Lipinski definition) is 0. The molecular weight excluding hydrogens is 401 g/mol. The molecule has 2 aromatic rings. The molecule has 0 aromatic heterocycles. The number of anilines is 1. The molecule has 0 spiro atoms. The molecule has 4 nitrogen and oxygen atoms in total. The number of halogens is 2. The van der Waals surface area contributed by atoms with Crippen molar-refractivity contribution in [2.24, 2.45) is 5.41 Å². The Hall–Kier alpha value is -1.92. The lowest BCUT2D eigenvalue weighted by Gasteiger charge is -2.31. The summed E-state index contributed by atoms with van der Waals surface area (Å²) in [6.07, 6.45) is 1.66. The highest BCUT2D eigenvalue weighted by molar-refractivity contribution is 7.92. The number of ketones is 1. The van der Waals surface area contributed by atoms with Crippen molar-refractivity contribution in [2.45, 2.75) is 38.0 Å². The Labute approximate surface area is 170 Å². The second-order valence-corrected chi connectivity index (χ2v) is 9.84. The maximum absolute atomic E-state index is 13.2. The Morgan fingerprint density at radius 2 is 1.86 bits per heavy atom. The second-order valence-electron chi connectivity index (χ2n) is 7.72. The van der Waals surface area contributed by atoms with Crippen LogP contribution in [0.2, 0.25) is 0 Å². The molecular formula is C21H23ClFNO3S. The lowest BCUT2D eigenvalue weighted by Crippen LogP contribution is -2.35. The van der Waals surface area contributed by atoms with Gasteiger partial charge in [0.2, 0.25) is 0 Å². The fraction of sp³-hybridized carbons (Fsp3) is 0.381. The third-order valence-electron chi connectivity index (χ3n) is 5.08. The Kier molecular flexibility index (Phi) is 5.82. The van der Waals surface area contributed by atoms with Crippen LogP contribution in [0, 0.1) is 11.2 Å². The van der Waals surface area contributed by atoms with Gasteiger partial charge in [0, 0.05) is 24.3 Å². The molecule has 150 valence electrons. The van der Waals surface area contributed by atoms with Gasteiger partial charge in [-0.25, -0.2) is 12.8 Å². The molecule has 0 amide bonds. The van der Waals surface area contributed by atoms with Crippen LogP contribution in [0.5, 0.6) is 0 Å². The number of aryl methyl sites for hydroxylation is 1. The van der Waals surface area contributed by atoms with E-state index in [0.29, 0.717) is 18.7 Å². The van der Waals surface area contributed by atoms with Crippen molar-refractivity contribution >= 4 is 33.1 Å². The highest BCUT2D eigenvalue weighted by atomic mass is 35.5. The fourth-order valence-electron chi connectivity index (χ4n) is 3.18. The number of alkyl halides is 1. The summed E-state index contributed by atoms with van der Waals surface area (Å²) in [6.45, 7) is 3.94. The molecule has 0 fully saturated rings. The Morgan fingerprint density at radius 3 is 2.50 bits per heavy atom. The van der Waals surface area contributed by atoms with Crippen molar-refractivity contribution in [3.63, 3.8) is 0 Å². The van der Waals surface area contributed by atoms with Crippen LogP contribution in [-0.2, 0) is 27.7 Å².